The molecular formula is C21H18FN3O4. The molecule has 2 aromatic heterocycles. The molecule has 0 bridgehead atoms. The van der Waals surface area contributed by atoms with E-state index in [1.807, 2.05) is 6.07 Å². The van der Waals surface area contributed by atoms with Crippen LogP contribution in [0.3, 0.4) is 0 Å². The van der Waals surface area contributed by atoms with Gasteiger partial charge in [-0.05, 0) is 43.2 Å². The Balaban J connectivity index is 1.56. The fourth-order valence-electron chi connectivity index (χ4n) is 2.78. The number of carbonyl (C=O) groups excluding carboxylic acids is 2. The number of nitrogens with zero attached hydrogens (tertiary/aromatic N) is 2. The SMILES string of the molecule is Cc1oc(-n2cccc2)c(C#N)c1C(=O)OCC(=O)NCCc1ccc(F)cc1. The second-order valence-corrected chi connectivity index (χ2v) is 6.22. The summed E-state index contributed by atoms with van der Waals surface area (Å²) in [6.07, 6.45) is 3.88. The van der Waals surface area contributed by atoms with E-state index in [4.69, 9.17) is 9.15 Å². The van der Waals surface area contributed by atoms with E-state index in [1.54, 1.807) is 48.1 Å². The number of nitriles is 1. The molecule has 8 heteroatoms. The lowest BCUT2D eigenvalue weighted by atomic mass is 10.1. The number of hydrogen-bond donors (Lipinski definition) is 1. The minimum absolute atomic E-state index is 0.00434. The van der Waals surface area contributed by atoms with Crippen LogP contribution in [0.5, 0.6) is 0 Å². The average Bonchev–Trinajstić information content (AvgIpc) is 3.35. The molecule has 148 valence electrons. The van der Waals surface area contributed by atoms with E-state index in [-0.39, 0.29) is 28.6 Å². The van der Waals surface area contributed by atoms with E-state index in [2.05, 4.69) is 5.32 Å². The standard InChI is InChI=1S/C21H18FN3O4/c1-14-19(17(12-23)20(29-14)25-10-2-3-11-25)21(27)28-13-18(26)24-9-8-15-4-6-16(22)7-5-15/h2-7,10-11H,8-9,13H2,1H3,(H,24,26). The minimum atomic E-state index is -0.810. The lowest BCUT2D eigenvalue weighted by molar-refractivity contribution is -0.124. The van der Waals surface area contributed by atoms with Gasteiger partial charge in [-0.25, -0.2) is 9.18 Å². The number of amides is 1. The van der Waals surface area contributed by atoms with Gasteiger partial charge in [0.05, 0.1) is 0 Å². The summed E-state index contributed by atoms with van der Waals surface area (Å²) in [7, 11) is 0. The van der Waals surface area contributed by atoms with Crippen LogP contribution in [0.4, 0.5) is 4.39 Å². The number of nitrogens with one attached hydrogen (secondary N) is 1. The summed E-state index contributed by atoms with van der Waals surface area (Å²) < 4.78 is 25.0. The molecule has 0 saturated heterocycles. The van der Waals surface area contributed by atoms with E-state index in [0.717, 1.165) is 5.56 Å². The number of benzene rings is 1. The van der Waals surface area contributed by atoms with Crippen molar-refractivity contribution in [2.45, 2.75) is 13.3 Å². The molecule has 29 heavy (non-hydrogen) atoms. The number of carbonyl (C=O) groups is 2. The molecule has 1 N–H and O–H groups in total. The second kappa shape index (κ2) is 8.89. The van der Waals surface area contributed by atoms with Crippen molar-refractivity contribution in [1.29, 1.82) is 5.26 Å². The van der Waals surface area contributed by atoms with Crippen LogP contribution in [0.25, 0.3) is 5.88 Å². The average molecular weight is 395 g/mol. The Hall–Kier alpha value is -3.86. The monoisotopic (exact) mass is 395 g/mol. The van der Waals surface area contributed by atoms with Crippen molar-refractivity contribution in [3.05, 3.63) is 77.1 Å². The molecule has 7 nitrogen and oxygen atoms in total. The van der Waals surface area contributed by atoms with Crippen molar-refractivity contribution < 1.29 is 23.1 Å². The fourth-order valence-corrected chi connectivity index (χ4v) is 2.78. The van der Waals surface area contributed by atoms with Crippen LogP contribution in [0.2, 0.25) is 0 Å². The first kappa shape index (κ1) is 19.9. The summed E-state index contributed by atoms with van der Waals surface area (Å²) in [4.78, 5) is 24.3. The largest absolute Gasteiger partial charge is 0.452 e. The highest BCUT2D eigenvalue weighted by Gasteiger charge is 2.26. The lowest BCUT2D eigenvalue weighted by Crippen LogP contribution is -2.30. The molecule has 0 atom stereocenters. The Morgan fingerprint density at radius 3 is 2.59 bits per heavy atom. The zero-order chi connectivity index (χ0) is 20.8. The molecule has 1 amide bonds. The summed E-state index contributed by atoms with van der Waals surface area (Å²) in [6, 6.07) is 11.4. The zero-order valence-electron chi connectivity index (χ0n) is 15.6. The van der Waals surface area contributed by atoms with Crippen molar-refractivity contribution in [2.24, 2.45) is 0 Å². The van der Waals surface area contributed by atoms with Crippen LogP contribution in [-0.4, -0.2) is 29.6 Å². The van der Waals surface area contributed by atoms with Gasteiger partial charge in [-0.2, -0.15) is 5.26 Å². The molecule has 0 unspecified atom stereocenters. The first-order chi connectivity index (χ1) is 14.0. The van der Waals surface area contributed by atoms with Gasteiger partial charge in [-0.3, -0.25) is 9.36 Å². The maximum absolute atomic E-state index is 12.9. The maximum atomic E-state index is 12.9. The summed E-state index contributed by atoms with van der Waals surface area (Å²) >= 11 is 0. The molecule has 0 saturated carbocycles. The molecule has 3 rings (SSSR count). The molecule has 1 aromatic carbocycles. The Labute approximate surface area is 166 Å². The molecule has 0 radical (unpaired) electrons. The summed E-state index contributed by atoms with van der Waals surface area (Å²) in [5.41, 5.74) is 0.907. The number of furan rings is 1. The number of aryl methyl sites for hydroxylation is 1. The van der Waals surface area contributed by atoms with Crippen molar-refractivity contribution in [1.82, 2.24) is 9.88 Å². The molecule has 0 aliphatic heterocycles. The third kappa shape index (κ3) is 4.71. The third-order valence-electron chi connectivity index (χ3n) is 4.20. The number of aromatic nitrogens is 1. The molecule has 0 spiro atoms. The molecule has 0 aliphatic rings. The molecular weight excluding hydrogens is 377 g/mol. The number of halogens is 1. The van der Waals surface area contributed by atoms with E-state index in [1.165, 1.54) is 12.1 Å². The van der Waals surface area contributed by atoms with E-state index >= 15 is 0 Å². The summed E-state index contributed by atoms with van der Waals surface area (Å²) in [6.45, 7) is 1.37. The molecule has 2 heterocycles. The van der Waals surface area contributed by atoms with Gasteiger partial charge in [0.15, 0.2) is 6.61 Å². The highest BCUT2D eigenvalue weighted by molar-refractivity contribution is 5.95. The minimum Gasteiger partial charge on any atom is -0.452 e. The van der Waals surface area contributed by atoms with E-state index in [0.29, 0.717) is 13.0 Å². The number of ether oxygens (including phenoxy) is 1. The first-order valence-electron chi connectivity index (χ1n) is 8.84. The van der Waals surface area contributed by atoms with Crippen LogP contribution >= 0.6 is 0 Å². The summed E-state index contributed by atoms with van der Waals surface area (Å²) in [5.74, 6) is -1.17. The van der Waals surface area contributed by atoms with Gasteiger partial charge in [0, 0.05) is 18.9 Å². The van der Waals surface area contributed by atoms with Gasteiger partial charge in [-0.15, -0.1) is 0 Å². The Morgan fingerprint density at radius 2 is 1.93 bits per heavy atom. The number of hydrogen-bond acceptors (Lipinski definition) is 5. The van der Waals surface area contributed by atoms with Crippen molar-refractivity contribution in [2.75, 3.05) is 13.2 Å². The van der Waals surface area contributed by atoms with Crippen LogP contribution < -0.4 is 5.32 Å². The quantitative estimate of drug-likeness (QED) is 0.621. The van der Waals surface area contributed by atoms with Crippen LogP contribution in [0.1, 0.15) is 27.2 Å². The van der Waals surface area contributed by atoms with Gasteiger partial charge < -0.3 is 14.5 Å². The van der Waals surface area contributed by atoms with Gasteiger partial charge in [-0.1, -0.05) is 12.1 Å². The zero-order valence-corrected chi connectivity index (χ0v) is 15.6. The topological polar surface area (TPSA) is 97.3 Å². The van der Waals surface area contributed by atoms with E-state index < -0.39 is 18.5 Å². The van der Waals surface area contributed by atoms with Crippen molar-refractivity contribution >= 4 is 11.9 Å². The van der Waals surface area contributed by atoms with Gasteiger partial charge in [0.1, 0.15) is 28.8 Å². The van der Waals surface area contributed by atoms with Crippen LogP contribution in [0, 0.1) is 24.1 Å². The fraction of sp³-hybridized carbons (Fsp3) is 0.190. The predicted molar refractivity (Wildman–Crippen MR) is 101 cm³/mol. The highest BCUT2D eigenvalue weighted by Crippen LogP contribution is 2.26. The van der Waals surface area contributed by atoms with Crippen molar-refractivity contribution in [3.8, 4) is 12.0 Å². The highest BCUT2D eigenvalue weighted by atomic mass is 19.1. The normalized spacial score (nSPS) is 10.4. The lowest BCUT2D eigenvalue weighted by Gasteiger charge is -2.07. The first-order valence-corrected chi connectivity index (χ1v) is 8.84. The Kier molecular flexibility index (Phi) is 6.09. The molecule has 3 aromatic rings. The van der Waals surface area contributed by atoms with Gasteiger partial charge in [0.2, 0.25) is 5.88 Å². The van der Waals surface area contributed by atoms with Crippen molar-refractivity contribution in [3.63, 3.8) is 0 Å². The second-order valence-electron chi connectivity index (χ2n) is 6.22. The smallest absolute Gasteiger partial charge is 0.343 e. The van der Waals surface area contributed by atoms with E-state index in [9.17, 15) is 19.2 Å². The maximum Gasteiger partial charge on any atom is 0.343 e. The Morgan fingerprint density at radius 1 is 1.24 bits per heavy atom. The molecule has 0 fully saturated rings. The van der Waals surface area contributed by atoms with Gasteiger partial charge >= 0.3 is 5.97 Å². The molecule has 0 aliphatic carbocycles. The Bertz CT molecular complexity index is 1050. The number of rotatable bonds is 7. The predicted octanol–water partition coefficient (Wildman–Crippen LogP) is 2.91. The van der Waals surface area contributed by atoms with Crippen LogP contribution in [-0.2, 0) is 16.0 Å². The van der Waals surface area contributed by atoms with Crippen LogP contribution in [0.15, 0.2) is 53.2 Å². The number of esters is 1. The third-order valence-corrected chi connectivity index (χ3v) is 4.20. The summed E-state index contributed by atoms with van der Waals surface area (Å²) in [5, 5.41) is 12.1. The van der Waals surface area contributed by atoms with Gasteiger partial charge in [0.25, 0.3) is 5.91 Å².